The van der Waals surface area contributed by atoms with Crippen molar-refractivity contribution in [1.29, 1.82) is 0 Å². The van der Waals surface area contributed by atoms with Gasteiger partial charge in [0.15, 0.2) is 17.5 Å². The molecule has 0 spiro atoms. The first kappa shape index (κ1) is 21.4. The van der Waals surface area contributed by atoms with E-state index in [0.717, 1.165) is 68.7 Å². The standard InChI is InChI=1S/C18H28N4O2S.HI/c1-23-16-11-14-3-5-21(13-15(14)12-17(16)24-2)6-4-20-18(19)22-7-9-25-10-8-22;/h11-12H,3-10,13H2,1-2H3,(H2,19,20);1H. The van der Waals surface area contributed by atoms with Gasteiger partial charge in [0.2, 0.25) is 0 Å². The van der Waals surface area contributed by atoms with Crippen molar-refractivity contribution in [3.63, 3.8) is 0 Å². The highest BCUT2D eigenvalue weighted by atomic mass is 127. The highest BCUT2D eigenvalue weighted by Gasteiger charge is 2.19. The second-order valence-corrected chi connectivity index (χ2v) is 7.57. The number of aliphatic imine (C=N–C) groups is 1. The zero-order valence-electron chi connectivity index (χ0n) is 15.6. The zero-order chi connectivity index (χ0) is 17.6. The number of rotatable bonds is 5. The summed E-state index contributed by atoms with van der Waals surface area (Å²) in [4.78, 5) is 9.21. The van der Waals surface area contributed by atoms with Crippen molar-refractivity contribution in [1.82, 2.24) is 9.80 Å². The van der Waals surface area contributed by atoms with Crippen molar-refractivity contribution in [3.05, 3.63) is 23.3 Å². The summed E-state index contributed by atoms with van der Waals surface area (Å²) >= 11 is 1.98. The number of hydrogen-bond acceptors (Lipinski definition) is 5. The molecule has 1 aromatic rings. The van der Waals surface area contributed by atoms with Gasteiger partial charge >= 0.3 is 0 Å². The van der Waals surface area contributed by atoms with Gasteiger partial charge in [-0.3, -0.25) is 9.89 Å². The van der Waals surface area contributed by atoms with Crippen LogP contribution >= 0.6 is 35.7 Å². The van der Waals surface area contributed by atoms with Gasteiger partial charge < -0.3 is 20.1 Å². The van der Waals surface area contributed by atoms with Crippen LogP contribution in [0, 0.1) is 0 Å². The Morgan fingerprint density at radius 3 is 2.42 bits per heavy atom. The molecule has 8 heteroatoms. The highest BCUT2D eigenvalue weighted by Crippen LogP contribution is 2.33. The maximum atomic E-state index is 6.13. The number of halogens is 1. The van der Waals surface area contributed by atoms with Gasteiger partial charge in [-0.05, 0) is 29.7 Å². The smallest absolute Gasteiger partial charge is 0.191 e. The monoisotopic (exact) mass is 492 g/mol. The average Bonchev–Trinajstić information content (AvgIpc) is 2.67. The van der Waals surface area contributed by atoms with Crippen LogP contribution in [-0.2, 0) is 13.0 Å². The van der Waals surface area contributed by atoms with Gasteiger partial charge in [-0.2, -0.15) is 11.8 Å². The molecule has 2 N–H and O–H groups in total. The van der Waals surface area contributed by atoms with Crippen molar-refractivity contribution < 1.29 is 9.47 Å². The lowest BCUT2D eigenvalue weighted by Gasteiger charge is -2.30. The third-order valence-electron chi connectivity index (χ3n) is 4.82. The first-order chi connectivity index (χ1) is 12.2. The maximum Gasteiger partial charge on any atom is 0.191 e. The van der Waals surface area contributed by atoms with Gasteiger partial charge in [-0.25, -0.2) is 0 Å². The Bertz CT molecular complexity index is 623. The van der Waals surface area contributed by atoms with Crippen LogP contribution in [0.2, 0.25) is 0 Å². The Morgan fingerprint density at radius 1 is 1.12 bits per heavy atom. The van der Waals surface area contributed by atoms with Crippen LogP contribution in [-0.4, -0.2) is 74.2 Å². The first-order valence-electron chi connectivity index (χ1n) is 8.80. The van der Waals surface area contributed by atoms with Gasteiger partial charge in [0.25, 0.3) is 0 Å². The van der Waals surface area contributed by atoms with E-state index in [4.69, 9.17) is 15.2 Å². The van der Waals surface area contributed by atoms with E-state index in [1.54, 1.807) is 14.2 Å². The number of methoxy groups -OCH3 is 2. The van der Waals surface area contributed by atoms with E-state index in [2.05, 4.69) is 26.9 Å². The molecule has 1 fully saturated rings. The van der Waals surface area contributed by atoms with Crippen LogP contribution < -0.4 is 15.2 Å². The molecule has 0 unspecified atom stereocenters. The van der Waals surface area contributed by atoms with E-state index in [9.17, 15) is 0 Å². The van der Waals surface area contributed by atoms with Crippen LogP contribution in [0.15, 0.2) is 17.1 Å². The van der Waals surface area contributed by atoms with Crippen LogP contribution in [0.3, 0.4) is 0 Å². The molecular formula is C18H29IN4O2S. The molecule has 0 aliphatic carbocycles. The Labute approximate surface area is 177 Å². The molecule has 1 aromatic carbocycles. The molecule has 1 saturated heterocycles. The van der Waals surface area contributed by atoms with Gasteiger partial charge in [0.1, 0.15) is 0 Å². The minimum absolute atomic E-state index is 0. The minimum Gasteiger partial charge on any atom is -0.493 e. The number of ether oxygens (including phenoxy) is 2. The molecule has 0 atom stereocenters. The summed E-state index contributed by atoms with van der Waals surface area (Å²) in [6, 6.07) is 4.21. The van der Waals surface area contributed by atoms with E-state index >= 15 is 0 Å². The number of benzene rings is 1. The molecule has 6 nitrogen and oxygen atoms in total. The highest BCUT2D eigenvalue weighted by molar-refractivity contribution is 14.0. The van der Waals surface area contributed by atoms with Crippen molar-refractivity contribution in [2.45, 2.75) is 13.0 Å². The molecule has 146 valence electrons. The normalized spacial score (nSPS) is 18.1. The largest absolute Gasteiger partial charge is 0.493 e. The number of fused-ring (bicyclic) bond motifs is 1. The van der Waals surface area contributed by atoms with E-state index in [1.807, 2.05) is 11.8 Å². The number of thioether (sulfide) groups is 1. The summed E-state index contributed by atoms with van der Waals surface area (Å²) in [6.45, 7) is 5.66. The lowest BCUT2D eigenvalue weighted by Crippen LogP contribution is -2.43. The fourth-order valence-electron chi connectivity index (χ4n) is 3.33. The summed E-state index contributed by atoms with van der Waals surface area (Å²) in [7, 11) is 3.37. The molecule has 2 aliphatic rings. The maximum absolute atomic E-state index is 6.13. The molecule has 0 aromatic heterocycles. The van der Waals surface area contributed by atoms with Crippen molar-refractivity contribution >= 4 is 41.7 Å². The summed E-state index contributed by atoms with van der Waals surface area (Å²) < 4.78 is 10.8. The fourth-order valence-corrected chi connectivity index (χ4v) is 4.23. The Kier molecular flexibility index (Phi) is 8.62. The number of hydrogen-bond donors (Lipinski definition) is 1. The van der Waals surface area contributed by atoms with Gasteiger partial charge in [-0.1, -0.05) is 0 Å². The van der Waals surface area contributed by atoms with Crippen molar-refractivity contribution in [3.8, 4) is 11.5 Å². The Morgan fingerprint density at radius 2 is 1.77 bits per heavy atom. The molecular weight excluding hydrogens is 463 g/mol. The molecule has 26 heavy (non-hydrogen) atoms. The molecule has 0 radical (unpaired) electrons. The Hall–Kier alpha value is -0.870. The second kappa shape index (κ2) is 10.5. The predicted octanol–water partition coefficient (Wildman–Crippen LogP) is 2.04. The molecule has 3 rings (SSSR count). The number of nitrogens with zero attached hydrogens (tertiary/aromatic N) is 3. The van der Waals surface area contributed by atoms with E-state index < -0.39 is 0 Å². The lowest BCUT2D eigenvalue weighted by molar-refractivity contribution is 0.259. The summed E-state index contributed by atoms with van der Waals surface area (Å²) in [6.07, 6.45) is 1.03. The van der Waals surface area contributed by atoms with Crippen LogP contribution in [0.25, 0.3) is 0 Å². The van der Waals surface area contributed by atoms with Gasteiger partial charge in [-0.15, -0.1) is 24.0 Å². The predicted molar refractivity (Wildman–Crippen MR) is 119 cm³/mol. The molecule has 2 aliphatic heterocycles. The summed E-state index contributed by atoms with van der Waals surface area (Å²) in [5.41, 5.74) is 8.79. The topological polar surface area (TPSA) is 63.3 Å². The second-order valence-electron chi connectivity index (χ2n) is 6.34. The van der Waals surface area contributed by atoms with Crippen LogP contribution in [0.4, 0.5) is 0 Å². The summed E-state index contributed by atoms with van der Waals surface area (Å²) in [5.74, 6) is 4.60. The van der Waals surface area contributed by atoms with Gasteiger partial charge in [0, 0.05) is 44.2 Å². The van der Waals surface area contributed by atoms with E-state index in [1.165, 1.54) is 11.1 Å². The van der Waals surface area contributed by atoms with E-state index in [-0.39, 0.29) is 24.0 Å². The average molecular weight is 492 g/mol. The van der Waals surface area contributed by atoms with Crippen molar-refractivity contribution in [2.75, 3.05) is 58.4 Å². The third kappa shape index (κ3) is 5.32. The third-order valence-corrected chi connectivity index (χ3v) is 5.76. The number of guanidine groups is 1. The minimum atomic E-state index is 0. The SMILES string of the molecule is COc1cc2c(cc1OC)CN(CCN=C(N)N1CCSCC1)CC2.I. The number of nitrogens with two attached hydrogens (primary N) is 1. The fraction of sp³-hybridized carbons (Fsp3) is 0.611. The zero-order valence-corrected chi connectivity index (χ0v) is 18.7. The van der Waals surface area contributed by atoms with Crippen LogP contribution in [0.1, 0.15) is 11.1 Å². The Balaban J connectivity index is 0.00000243. The molecule has 0 bridgehead atoms. The molecule has 2 heterocycles. The summed E-state index contributed by atoms with van der Waals surface area (Å²) in [5, 5.41) is 0. The molecule has 0 amide bonds. The molecule has 0 saturated carbocycles. The van der Waals surface area contributed by atoms with Crippen LogP contribution in [0.5, 0.6) is 11.5 Å². The lowest BCUT2D eigenvalue weighted by atomic mass is 9.99. The van der Waals surface area contributed by atoms with Gasteiger partial charge in [0.05, 0.1) is 20.8 Å². The first-order valence-corrected chi connectivity index (χ1v) is 9.95. The van der Waals surface area contributed by atoms with Crippen molar-refractivity contribution in [2.24, 2.45) is 10.7 Å². The quantitative estimate of drug-likeness (QED) is 0.386. The van der Waals surface area contributed by atoms with E-state index in [0.29, 0.717) is 5.96 Å².